The molecule has 1 fully saturated rings. The summed E-state index contributed by atoms with van der Waals surface area (Å²) < 4.78 is 35.6. The molecule has 2 aromatic carbocycles. The molecular formula is C19H18F2N4O2. The van der Waals surface area contributed by atoms with E-state index < -0.39 is 17.5 Å². The maximum Gasteiger partial charge on any atom is 0.368 e. The summed E-state index contributed by atoms with van der Waals surface area (Å²) in [5.74, 6) is -2.95. The summed E-state index contributed by atoms with van der Waals surface area (Å²) in [5.41, 5.74) is 1.88. The molecule has 0 bridgehead atoms. The van der Waals surface area contributed by atoms with Crippen LogP contribution in [0.15, 0.2) is 47.3 Å². The van der Waals surface area contributed by atoms with E-state index in [0.29, 0.717) is 22.6 Å². The zero-order valence-corrected chi connectivity index (χ0v) is 14.9. The number of para-hydroxylation sites is 1. The molecule has 8 heteroatoms. The first kappa shape index (κ1) is 17.4. The fraction of sp³-hybridized carbons (Fsp3) is 0.316. The zero-order chi connectivity index (χ0) is 19.2. The van der Waals surface area contributed by atoms with E-state index in [1.165, 1.54) is 7.05 Å². The molecule has 0 radical (unpaired) electrons. The van der Waals surface area contributed by atoms with Gasteiger partial charge >= 0.3 is 5.69 Å². The van der Waals surface area contributed by atoms with Crippen molar-refractivity contribution in [3.63, 3.8) is 0 Å². The van der Waals surface area contributed by atoms with Crippen molar-refractivity contribution in [1.29, 1.82) is 0 Å². The largest absolute Gasteiger partial charge is 0.489 e. The highest BCUT2D eigenvalue weighted by Crippen LogP contribution is 2.56. The Bertz CT molecular complexity index is 1060. The number of hydrogen-bond donors (Lipinski definition) is 0. The standard InChI is InChI=1S/C19H18F2N4O2/c1-12-6-3-4-9-17(12)27-11-14-13(15-10-19(15,20)21)7-5-8-16(14)25-18(26)24(2)22-23-25/h3-9,15H,10-11H2,1-2H3. The van der Waals surface area contributed by atoms with Crippen molar-refractivity contribution < 1.29 is 13.5 Å². The number of aryl methyl sites for hydroxylation is 2. The van der Waals surface area contributed by atoms with Crippen LogP contribution in [0.5, 0.6) is 5.75 Å². The molecule has 1 unspecified atom stereocenters. The third kappa shape index (κ3) is 3.11. The molecule has 1 saturated carbocycles. The summed E-state index contributed by atoms with van der Waals surface area (Å²) in [4.78, 5) is 12.3. The van der Waals surface area contributed by atoms with Gasteiger partial charge in [-0.1, -0.05) is 30.3 Å². The number of halogens is 2. The van der Waals surface area contributed by atoms with E-state index in [1.54, 1.807) is 18.2 Å². The van der Waals surface area contributed by atoms with Crippen LogP contribution in [0, 0.1) is 6.92 Å². The monoisotopic (exact) mass is 372 g/mol. The first-order chi connectivity index (χ1) is 12.9. The Kier molecular flexibility index (Phi) is 4.05. The molecule has 1 aliphatic rings. The smallest absolute Gasteiger partial charge is 0.368 e. The van der Waals surface area contributed by atoms with Crippen molar-refractivity contribution in [2.75, 3.05) is 0 Å². The van der Waals surface area contributed by atoms with Crippen LogP contribution in [0.25, 0.3) is 5.69 Å². The van der Waals surface area contributed by atoms with Gasteiger partial charge in [0, 0.05) is 19.0 Å². The Morgan fingerprint density at radius 2 is 1.93 bits per heavy atom. The predicted octanol–water partition coefficient (Wildman–Crippen LogP) is 2.98. The molecule has 0 amide bonds. The van der Waals surface area contributed by atoms with Crippen LogP contribution in [0.3, 0.4) is 0 Å². The Morgan fingerprint density at radius 1 is 1.19 bits per heavy atom. The summed E-state index contributed by atoms with van der Waals surface area (Å²) in [7, 11) is 1.48. The van der Waals surface area contributed by atoms with Crippen molar-refractivity contribution in [3.8, 4) is 11.4 Å². The van der Waals surface area contributed by atoms with E-state index in [1.807, 2.05) is 31.2 Å². The summed E-state index contributed by atoms with van der Waals surface area (Å²) in [6, 6.07) is 12.4. The van der Waals surface area contributed by atoms with Crippen LogP contribution in [0.4, 0.5) is 8.78 Å². The quantitative estimate of drug-likeness (QED) is 0.691. The molecule has 0 N–H and O–H groups in total. The average molecular weight is 372 g/mol. The third-order valence-corrected chi connectivity index (χ3v) is 4.80. The van der Waals surface area contributed by atoms with Crippen LogP contribution in [-0.4, -0.2) is 25.7 Å². The van der Waals surface area contributed by atoms with Crippen molar-refractivity contribution in [1.82, 2.24) is 19.8 Å². The van der Waals surface area contributed by atoms with Crippen molar-refractivity contribution in [2.45, 2.75) is 31.8 Å². The number of aromatic nitrogens is 4. The normalized spacial score (nSPS) is 17.7. The summed E-state index contributed by atoms with van der Waals surface area (Å²) in [6.45, 7) is 1.95. The molecule has 27 heavy (non-hydrogen) atoms. The Morgan fingerprint density at radius 3 is 2.56 bits per heavy atom. The van der Waals surface area contributed by atoms with Gasteiger partial charge in [0.15, 0.2) is 0 Å². The highest BCUT2D eigenvalue weighted by atomic mass is 19.3. The second kappa shape index (κ2) is 6.29. The summed E-state index contributed by atoms with van der Waals surface area (Å²) >= 11 is 0. The summed E-state index contributed by atoms with van der Waals surface area (Å²) in [5, 5.41) is 7.56. The van der Waals surface area contributed by atoms with Gasteiger partial charge < -0.3 is 4.74 Å². The number of benzene rings is 2. The molecule has 0 saturated heterocycles. The van der Waals surface area contributed by atoms with Crippen LogP contribution in [-0.2, 0) is 13.7 Å². The molecule has 1 heterocycles. The van der Waals surface area contributed by atoms with Crippen LogP contribution >= 0.6 is 0 Å². The van der Waals surface area contributed by atoms with Crippen LogP contribution in [0.2, 0.25) is 0 Å². The number of hydrogen-bond acceptors (Lipinski definition) is 4. The Labute approximate surface area is 154 Å². The number of tetrazole rings is 1. The lowest BCUT2D eigenvalue weighted by Gasteiger charge is -2.16. The Hall–Kier alpha value is -3.03. The van der Waals surface area contributed by atoms with E-state index in [-0.39, 0.29) is 13.0 Å². The highest BCUT2D eigenvalue weighted by molar-refractivity contribution is 5.49. The second-order valence-electron chi connectivity index (χ2n) is 6.71. The van der Waals surface area contributed by atoms with Crippen molar-refractivity contribution in [3.05, 3.63) is 69.6 Å². The molecule has 0 spiro atoms. The lowest BCUT2D eigenvalue weighted by molar-refractivity contribution is 0.112. The zero-order valence-electron chi connectivity index (χ0n) is 14.9. The van der Waals surface area contributed by atoms with Crippen LogP contribution < -0.4 is 10.4 Å². The topological polar surface area (TPSA) is 61.9 Å². The van der Waals surface area contributed by atoms with E-state index in [9.17, 15) is 13.6 Å². The highest BCUT2D eigenvalue weighted by Gasteiger charge is 2.58. The van der Waals surface area contributed by atoms with Crippen molar-refractivity contribution in [2.24, 2.45) is 7.05 Å². The number of ether oxygens (including phenoxy) is 1. The molecule has 4 rings (SSSR count). The molecular weight excluding hydrogens is 354 g/mol. The third-order valence-electron chi connectivity index (χ3n) is 4.80. The lowest BCUT2D eigenvalue weighted by Crippen LogP contribution is -2.23. The minimum absolute atomic E-state index is 0.0476. The van der Waals surface area contributed by atoms with Gasteiger partial charge in [0.1, 0.15) is 12.4 Å². The van der Waals surface area contributed by atoms with Gasteiger partial charge in [-0.2, -0.15) is 9.36 Å². The average Bonchev–Trinajstić information content (AvgIpc) is 3.16. The lowest BCUT2D eigenvalue weighted by atomic mass is 10.0. The van der Waals surface area contributed by atoms with E-state index >= 15 is 0 Å². The second-order valence-corrected chi connectivity index (χ2v) is 6.71. The van der Waals surface area contributed by atoms with E-state index in [2.05, 4.69) is 10.4 Å². The molecule has 1 atom stereocenters. The summed E-state index contributed by atoms with van der Waals surface area (Å²) in [6.07, 6.45) is -0.205. The SMILES string of the molecule is Cc1ccccc1OCc1c(C2CC2(F)F)cccc1-n1nnn(C)c1=O. The molecule has 1 aromatic heterocycles. The number of nitrogens with zero attached hydrogens (tertiary/aromatic N) is 4. The van der Waals surface area contributed by atoms with E-state index in [0.717, 1.165) is 14.9 Å². The Balaban J connectivity index is 1.78. The molecule has 1 aliphatic carbocycles. The van der Waals surface area contributed by atoms with Gasteiger partial charge in [0.25, 0.3) is 5.92 Å². The molecule has 0 aliphatic heterocycles. The van der Waals surface area contributed by atoms with Gasteiger partial charge in [-0.3, -0.25) is 0 Å². The fourth-order valence-electron chi connectivity index (χ4n) is 3.16. The van der Waals surface area contributed by atoms with Gasteiger partial charge in [0.05, 0.1) is 11.6 Å². The van der Waals surface area contributed by atoms with Gasteiger partial charge in [-0.15, -0.1) is 0 Å². The van der Waals surface area contributed by atoms with Gasteiger partial charge in [0.2, 0.25) is 0 Å². The fourth-order valence-corrected chi connectivity index (χ4v) is 3.16. The maximum absolute atomic E-state index is 13.8. The number of rotatable bonds is 5. The minimum atomic E-state index is -2.73. The van der Waals surface area contributed by atoms with Gasteiger partial charge in [-0.25, -0.2) is 13.6 Å². The predicted molar refractivity (Wildman–Crippen MR) is 94.4 cm³/mol. The number of alkyl halides is 2. The maximum atomic E-state index is 13.8. The van der Waals surface area contributed by atoms with Crippen molar-refractivity contribution >= 4 is 0 Å². The first-order valence-electron chi connectivity index (χ1n) is 8.56. The van der Waals surface area contributed by atoms with Crippen LogP contribution in [0.1, 0.15) is 29.0 Å². The van der Waals surface area contributed by atoms with Gasteiger partial charge in [-0.05, 0) is 40.6 Å². The molecule has 3 aromatic rings. The first-order valence-corrected chi connectivity index (χ1v) is 8.56. The molecule has 6 nitrogen and oxygen atoms in total. The molecule has 140 valence electrons. The minimum Gasteiger partial charge on any atom is -0.489 e. The van der Waals surface area contributed by atoms with E-state index in [4.69, 9.17) is 4.74 Å².